The molecule has 1 aromatic carbocycles. The van der Waals surface area contributed by atoms with E-state index in [0.717, 1.165) is 38.8 Å². The van der Waals surface area contributed by atoms with E-state index in [2.05, 4.69) is 0 Å². The van der Waals surface area contributed by atoms with Gasteiger partial charge in [0, 0.05) is 0 Å². The van der Waals surface area contributed by atoms with E-state index in [1.165, 1.54) is 0 Å². The molecular weight excluding hydrogens is 260 g/mol. The molecule has 1 aromatic rings. The number of para-hydroxylation sites is 1. The Morgan fingerprint density at radius 2 is 1.30 bits per heavy atom. The Hall–Kier alpha value is -1.14. The molecule has 3 saturated heterocycles. The predicted octanol–water partition coefficient (Wildman–Crippen LogP) is 1.26. The van der Waals surface area contributed by atoms with Gasteiger partial charge in [-0.15, -0.1) is 0 Å². The van der Waals surface area contributed by atoms with Crippen molar-refractivity contribution in [3.63, 3.8) is 0 Å². The highest BCUT2D eigenvalue weighted by molar-refractivity contribution is 5.20. The quantitative estimate of drug-likeness (QED) is 0.704. The van der Waals surface area contributed by atoms with E-state index in [0.29, 0.717) is 24.9 Å². The molecule has 20 heavy (non-hydrogen) atoms. The van der Waals surface area contributed by atoms with E-state index in [9.17, 15) is 0 Å². The lowest BCUT2D eigenvalue weighted by atomic mass is 10.3. The van der Waals surface area contributed by atoms with E-state index < -0.39 is 0 Å². The summed E-state index contributed by atoms with van der Waals surface area (Å²) in [7, 11) is 0. The van der Waals surface area contributed by atoms with Crippen molar-refractivity contribution in [2.75, 3.05) is 39.6 Å². The molecule has 3 aliphatic heterocycles. The zero-order valence-electron chi connectivity index (χ0n) is 11.4. The number of ether oxygens (including phenoxy) is 5. The summed E-state index contributed by atoms with van der Waals surface area (Å²) in [4.78, 5) is 0. The monoisotopic (exact) mass is 280 g/mol. The number of rotatable bonds is 7. The molecule has 0 aliphatic carbocycles. The van der Waals surface area contributed by atoms with Gasteiger partial charge in [0.25, 0.3) is 0 Å². The molecule has 110 valence electrons. The van der Waals surface area contributed by atoms with Gasteiger partial charge in [0.05, 0.1) is 33.0 Å². The summed E-state index contributed by atoms with van der Waals surface area (Å²) in [6.07, 6.45) is 1.13. The van der Waals surface area contributed by atoms with Gasteiger partial charge in [-0.05, 0) is 12.1 Å². The van der Waals surface area contributed by atoms with Crippen LogP contribution in [0.2, 0.25) is 0 Å². The molecule has 3 aliphatic rings. The van der Waals surface area contributed by atoms with E-state index >= 15 is 0 Å². The lowest BCUT2D eigenvalue weighted by Crippen LogP contribution is -2.06. The smallest absolute Gasteiger partial charge is 0.119 e. The maximum absolute atomic E-state index is 5.40. The van der Waals surface area contributed by atoms with Crippen molar-refractivity contribution in [1.82, 2.24) is 0 Å². The van der Waals surface area contributed by atoms with Crippen LogP contribution in [0, 0.1) is 0 Å². The van der Waals surface area contributed by atoms with Crippen LogP contribution in [0.4, 0.5) is 0 Å². The second-order valence-electron chi connectivity index (χ2n) is 5.03. The SMILES string of the molecule is C(OCC1CO1)C1CO1.c1ccc(OCC2CO2)cc1. The standard InChI is InChI=1S/C9H10O2.C6H10O3/c1-2-4-8(5-3-1)10-6-9-7-11-9;1(5-3-8-5)7-2-6-4-9-6/h1-5,9H,6-7H2;5-6H,1-4H2. The third-order valence-corrected chi connectivity index (χ3v) is 2.99. The van der Waals surface area contributed by atoms with Gasteiger partial charge in [0.1, 0.15) is 30.7 Å². The number of epoxide rings is 3. The number of benzene rings is 1. The van der Waals surface area contributed by atoms with Gasteiger partial charge >= 0.3 is 0 Å². The molecule has 0 spiro atoms. The van der Waals surface area contributed by atoms with Gasteiger partial charge in [-0.2, -0.15) is 0 Å². The zero-order chi connectivity index (χ0) is 13.6. The summed E-state index contributed by atoms with van der Waals surface area (Å²) in [6.45, 7) is 4.80. The third-order valence-electron chi connectivity index (χ3n) is 2.99. The van der Waals surface area contributed by atoms with Crippen LogP contribution in [-0.4, -0.2) is 58.0 Å². The largest absolute Gasteiger partial charge is 0.491 e. The lowest BCUT2D eigenvalue weighted by molar-refractivity contribution is 0.102. The normalized spacial score (nSPS) is 29.1. The van der Waals surface area contributed by atoms with Gasteiger partial charge in [-0.3, -0.25) is 0 Å². The van der Waals surface area contributed by atoms with Crippen LogP contribution in [0.1, 0.15) is 0 Å². The Kier molecular flexibility index (Phi) is 4.86. The molecule has 3 atom stereocenters. The van der Waals surface area contributed by atoms with E-state index in [-0.39, 0.29) is 0 Å². The molecule has 3 heterocycles. The number of hydrogen-bond donors (Lipinski definition) is 0. The minimum atomic E-state index is 0.343. The molecule has 0 amide bonds. The second-order valence-corrected chi connectivity index (χ2v) is 5.03. The van der Waals surface area contributed by atoms with Crippen LogP contribution in [0.5, 0.6) is 5.75 Å². The maximum Gasteiger partial charge on any atom is 0.119 e. The summed E-state index contributed by atoms with van der Waals surface area (Å²) in [5.74, 6) is 0.919. The third kappa shape index (κ3) is 5.88. The van der Waals surface area contributed by atoms with Crippen LogP contribution in [-0.2, 0) is 18.9 Å². The summed E-state index contributed by atoms with van der Waals surface area (Å²) in [5.41, 5.74) is 0. The first kappa shape index (κ1) is 13.8. The Balaban J connectivity index is 0.000000123. The topological polar surface area (TPSA) is 56.0 Å². The van der Waals surface area contributed by atoms with Gasteiger partial charge in [-0.1, -0.05) is 18.2 Å². The molecule has 5 heteroatoms. The Morgan fingerprint density at radius 3 is 1.80 bits per heavy atom. The molecule has 3 fully saturated rings. The highest BCUT2D eigenvalue weighted by Gasteiger charge is 2.26. The van der Waals surface area contributed by atoms with Gasteiger partial charge < -0.3 is 23.7 Å². The fourth-order valence-electron chi connectivity index (χ4n) is 1.53. The van der Waals surface area contributed by atoms with Crippen molar-refractivity contribution in [3.05, 3.63) is 30.3 Å². The molecule has 4 rings (SSSR count). The van der Waals surface area contributed by atoms with Crippen LogP contribution < -0.4 is 4.74 Å². The predicted molar refractivity (Wildman–Crippen MR) is 72.0 cm³/mol. The molecule has 0 bridgehead atoms. The summed E-state index contributed by atoms with van der Waals surface area (Å²) >= 11 is 0. The minimum absolute atomic E-state index is 0.343. The fraction of sp³-hybridized carbons (Fsp3) is 0.600. The first-order chi connectivity index (χ1) is 9.90. The Morgan fingerprint density at radius 1 is 0.800 bits per heavy atom. The van der Waals surface area contributed by atoms with Crippen molar-refractivity contribution in [2.24, 2.45) is 0 Å². The molecule has 0 radical (unpaired) electrons. The van der Waals surface area contributed by atoms with E-state index in [1.54, 1.807) is 0 Å². The van der Waals surface area contributed by atoms with Crippen LogP contribution >= 0.6 is 0 Å². The van der Waals surface area contributed by atoms with E-state index in [4.69, 9.17) is 23.7 Å². The molecule has 0 saturated carbocycles. The van der Waals surface area contributed by atoms with Crippen molar-refractivity contribution in [3.8, 4) is 5.75 Å². The highest BCUT2D eigenvalue weighted by atomic mass is 16.6. The highest BCUT2D eigenvalue weighted by Crippen LogP contribution is 2.14. The second kappa shape index (κ2) is 7.04. The molecule has 5 nitrogen and oxygen atoms in total. The first-order valence-corrected chi connectivity index (χ1v) is 7.00. The van der Waals surface area contributed by atoms with E-state index in [1.807, 2.05) is 30.3 Å². The average Bonchev–Trinajstić information content (AvgIpc) is 3.34. The Bertz CT molecular complexity index is 373. The fourth-order valence-corrected chi connectivity index (χ4v) is 1.53. The van der Waals surface area contributed by atoms with Crippen LogP contribution in [0.3, 0.4) is 0 Å². The molecule has 0 aromatic heterocycles. The van der Waals surface area contributed by atoms with Gasteiger partial charge in [0.15, 0.2) is 0 Å². The van der Waals surface area contributed by atoms with Gasteiger partial charge in [0.2, 0.25) is 0 Å². The maximum atomic E-state index is 5.40. The van der Waals surface area contributed by atoms with Gasteiger partial charge in [-0.25, -0.2) is 0 Å². The van der Waals surface area contributed by atoms with Crippen molar-refractivity contribution in [2.45, 2.75) is 18.3 Å². The van der Waals surface area contributed by atoms with Crippen LogP contribution in [0.15, 0.2) is 30.3 Å². The van der Waals surface area contributed by atoms with Crippen molar-refractivity contribution < 1.29 is 23.7 Å². The summed E-state index contributed by atoms with van der Waals surface area (Å²) < 4.78 is 25.5. The van der Waals surface area contributed by atoms with Crippen molar-refractivity contribution in [1.29, 1.82) is 0 Å². The molecular formula is C15H20O5. The molecule has 0 N–H and O–H groups in total. The lowest BCUT2D eigenvalue weighted by Gasteiger charge is -2.01. The number of hydrogen-bond acceptors (Lipinski definition) is 5. The van der Waals surface area contributed by atoms with Crippen molar-refractivity contribution >= 4 is 0 Å². The zero-order valence-corrected chi connectivity index (χ0v) is 11.4. The average molecular weight is 280 g/mol. The summed E-state index contributed by atoms with van der Waals surface area (Å²) in [5, 5.41) is 0. The molecule has 3 unspecified atom stereocenters. The first-order valence-electron chi connectivity index (χ1n) is 7.00. The minimum Gasteiger partial charge on any atom is -0.491 e. The Labute approximate surface area is 118 Å². The van der Waals surface area contributed by atoms with Crippen LogP contribution in [0.25, 0.3) is 0 Å². The summed E-state index contributed by atoms with van der Waals surface area (Å²) in [6, 6.07) is 9.79.